The molecule has 0 aliphatic carbocycles. The van der Waals surface area contributed by atoms with Crippen molar-refractivity contribution in [3.05, 3.63) is 218 Å². The summed E-state index contributed by atoms with van der Waals surface area (Å²) in [4.78, 5) is -0.469. The van der Waals surface area contributed by atoms with E-state index in [0.717, 1.165) is 4.57 Å². The van der Waals surface area contributed by atoms with Crippen LogP contribution < -0.4 is 36.4 Å². The van der Waals surface area contributed by atoms with E-state index in [1.165, 1.54) is 0 Å². The van der Waals surface area contributed by atoms with Crippen LogP contribution in [0.25, 0.3) is 49.7 Å². The monoisotopic (exact) mass is 821 g/mol. The van der Waals surface area contributed by atoms with E-state index in [0.29, 0.717) is 11.6 Å². The van der Waals surface area contributed by atoms with E-state index in [9.17, 15) is 26.0 Å². The van der Waals surface area contributed by atoms with Gasteiger partial charge in [-0.1, -0.05) is 169 Å². The molecule has 12 rings (SSSR count). The molecule has 0 spiro atoms. The fraction of sp³-hybridized carbons (Fsp3) is 0. The fourth-order valence-corrected chi connectivity index (χ4v) is 12.5. The molecule has 0 saturated carbocycles. The molecule has 9 aromatic carbocycles. The van der Waals surface area contributed by atoms with Crippen molar-refractivity contribution in [2.24, 2.45) is 0 Å². The van der Waals surface area contributed by atoms with Crippen molar-refractivity contribution in [3.63, 3.8) is 0 Å². The average Bonchev–Trinajstić information content (AvgIpc) is 0.761. The molecular formula is C54H36BNOSSi. The van der Waals surface area contributed by atoms with Crippen LogP contribution in [0.1, 0.15) is 49.3 Å². The number of hydrogen-bond donors (Lipinski definition) is 0. The van der Waals surface area contributed by atoms with Gasteiger partial charge in [0.25, 0.3) is 5.99 Å². The number of benzene rings is 9. The number of aromatic nitrogens is 1. The normalized spacial score (nSPS) is 21.3. The van der Waals surface area contributed by atoms with Crippen molar-refractivity contribution in [3.8, 4) is 39.4 Å². The van der Waals surface area contributed by atoms with Crippen molar-refractivity contribution < 1.29 is 54.1 Å². The van der Waals surface area contributed by atoms with Crippen molar-refractivity contribution in [1.82, 2.24) is 4.57 Å². The van der Waals surface area contributed by atoms with E-state index < -0.39 is 329 Å². The minimum atomic E-state index is -6.70. The quantitative estimate of drug-likeness (QED) is 0.123. The highest BCUT2D eigenvalue weighted by Crippen LogP contribution is 2.45. The molecule has 276 valence electrons. The Labute approximate surface area is 400 Å². The van der Waals surface area contributed by atoms with Crippen LogP contribution in [0.5, 0.6) is 11.5 Å². The van der Waals surface area contributed by atoms with Crippen molar-refractivity contribution >= 4 is 79.2 Å². The van der Waals surface area contributed by atoms with Gasteiger partial charge in [-0.15, -0.1) is 0 Å². The smallest absolute Gasteiger partial charge is 0.289 e. The maximum Gasteiger partial charge on any atom is 0.289 e. The predicted molar refractivity (Wildman–Crippen MR) is 253 cm³/mol. The molecule has 0 fully saturated rings. The second kappa shape index (κ2) is 13.7. The van der Waals surface area contributed by atoms with Crippen LogP contribution in [-0.2, 0) is 0 Å². The minimum Gasteiger partial charge on any atom is -0.458 e. The first-order valence-corrected chi connectivity index (χ1v) is 20.2. The van der Waals surface area contributed by atoms with Gasteiger partial charge >= 0.3 is 0 Å². The number of hydrogen-bond acceptors (Lipinski definition) is 2. The number of rotatable bonds is 6. The van der Waals surface area contributed by atoms with Gasteiger partial charge in [0.2, 0.25) is 0 Å². The van der Waals surface area contributed by atoms with Crippen LogP contribution in [0.4, 0.5) is 0 Å². The number of ether oxygens (including phenoxy) is 1. The van der Waals surface area contributed by atoms with E-state index in [2.05, 4.69) is 0 Å². The first-order valence-electron chi connectivity index (χ1n) is 35.3. The molecule has 0 saturated heterocycles. The molecular weight excluding hydrogens is 750 g/mol. The third-order valence-electron chi connectivity index (χ3n) is 9.86. The molecule has 2 aliphatic heterocycles. The van der Waals surface area contributed by atoms with Gasteiger partial charge in [0.15, 0.2) is 8.07 Å². The Balaban J connectivity index is 1.33. The fourth-order valence-electron chi connectivity index (χ4n) is 7.48. The number of nitrogens with zero attached hydrogens (tertiary/aromatic N) is 1. The zero-order chi connectivity index (χ0) is 70.2. The Kier molecular flexibility index (Phi) is 3.22. The summed E-state index contributed by atoms with van der Waals surface area (Å²) >= 11 is 0.515. The molecule has 0 bridgehead atoms. The zero-order valence-corrected chi connectivity index (χ0v) is 31.2. The van der Waals surface area contributed by atoms with E-state index >= 15 is 0 Å². The summed E-state index contributed by atoms with van der Waals surface area (Å²) in [6.45, 7) is 0. The molecule has 59 heavy (non-hydrogen) atoms. The van der Waals surface area contributed by atoms with Gasteiger partial charge in [-0.25, -0.2) is 0 Å². The summed E-state index contributed by atoms with van der Waals surface area (Å²) in [5.74, 6) is -3.51. The molecule has 0 radical (unpaired) electrons. The van der Waals surface area contributed by atoms with Gasteiger partial charge in [-0.2, -0.15) is 11.6 Å². The van der Waals surface area contributed by atoms with Crippen molar-refractivity contribution in [1.29, 1.82) is 0 Å². The molecule has 0 atom stereocenters. The van der Waals surface area contributed by atoms with Crippen LogP contribution >= 0.6 is 11.6 Å². The first-order chi connectivity index (χ1) is 44.2. The SMILES string of the molecule is [2H]c1c([2H])c([2H])c([Si](c2c([2H])c([2H])c([2H])c([2H])c2[2H])(c2c([2H])c([2H])c([2H])c([2H])c2[2H])c2c([2H])c([2H])c([2H])c([2H])c2-c2c([2H])c3c4c(c2[2H])-c2c([2H])c([2H])c([2H])c([2H])c2SB4c2c([2H])c(-n4c5c([2H])c([2H])c([2H])c([2H])c5c5c([2H])c([2H])c([2H])c([2H])c54)c([2H])c([2H])c2O3)c([2H])c1[2H]. The molecule has 2 aliphatic rings. The average molecular weight is 822 g/mol. The summed E-state index contributed by atoms with van der Waals surface area (Å²) < 4.78 is 343. The van der Waals surface area contributed by atoms with Gasteiger partial charge in [-0.3, -0.25) is 0 Å². The molecule has 3 heterocycles. The first kappa shape index (κ1) is 13.9. The summed E-state index contributed by atoms with van der Waals surface area (Å²) in [5.41, 5.74) is -6.70. The van der Waals surface area contributed by atoms with Gasteiger partial charge in [0.1, 0.15) is 11.5 Å². The Morgan fingerprint density at radius 1 is 0.475 bits per heavy atom. The lowest BCUT2D eigenvalue weighted by Crippen LogP contribution is -2.75. The van der Waals surface area contributed by atoms with Gasteiger partial charge < -0.3 is 9.30 Å². The third kappa shape index (κ3) is 5.22. The van der Waals surface area contributed by atoms with Crippen molar-refractivity contribution in [2.45, 2.75) is 4.90 Å². The summed E-state index contributed by atoms with van der Waals surface area (Å²) in [6.07, 6.45) is 0. The molecule has 5 heteroatoms. The largest absolute Gasteiger partial charge is 0.458 e. The maximum atomic E-state index is 10.6. The predicted octanol–water partition coefficient (Wildman–Crippen LogP) is 9.81. The highest BCUT2D eigenvalue weighted by molar-refractivity contribution is 8.28. The summed E-state index contributed by atoms with van der Waals surface area (Å²) in [5, 5.41) is -6.03. The lowest BCUT2D eigenvalue weighted by molar-refractivity contribution is 0.488. The Bertz CT molecular complexity index is 5030. The van der Waals surface area contributed by atoms with Crippen molar-refractivity contribution in [2.75, 3.05) is 0 Å². The van der Waals surface area contributed by atoms with Crippen LogP contribution in [0.2, 0.25) is 0 Å². The molecule has 0 amide bonds. The van der Waals surface area contributed by atoms with E-state index in [1.807, 2.05) is 0 Å². The highest BCUT2D eigenvalue weighted by atomic mass is 32.2. The molecule has 0 N–H and O–H groups in total. The second-order valence-corrected chi connectivity index (χ2v) is 17.4. The zero-order valence-electron chi connectivity index (χ0n) is 65.3. The van der Waals surface area contributed by atoms with E-state index in [-0.39, 0.29) is 0 Å². The van der Waals surface area contributed by atoms with Gasteiger partial charge in [-0.05, 0) is 102 Å². The summed E-state index contributed by atoms with van der Waals surface area (Å²) in [6, 6.07) is -40.7. The topological polar surface area (TPSA) is 14.2 Å². The van der Waals surface area contributed by atoms with E-state index in [4.69, 9.17) is 28.0 Å². The number of fused-ring (bicyclic) bond motifs is 7. The molecule has 2 nitrogen and oxygen atoms in total. The van der Waals surface area contributed by atoms with Crippen LogP contribution in [0.15, 0.2) is 222 Å². The Hall–Kier alpha value is -6.79. The Morgan fingerprint density at radius 3 is 1.66 bits per heavy atom. The minimum absolute atomic E-state index is 0.469. The third-order valence-corrected chi connectivity index (χ3v) is 15.2. The van der Waals surface area contributed by atoms with Gasteiger partial charge in [0, 0.05) is 21.4 Å². The van der Waals surface area contributed by atoms with E-state index in [1.54, 1.807) is 0 Å². The molecule has 10 aromatic rings. The Morgan fingerprint density at radius 2 is 1.02 bits per heavy atom. The lowest BCUT2D eigenvalue weighted by Gasteiger charge is -2.36. The lowest BCUT2D eigenvalue weighted by atomic mass is 9.57. The molecule has 1 aromatic heterocycles. The standard InChI is InChI=1S/C54H36BNOSSi/c1-4-18-39(19-5-1)59(40-20-6-2-7-21-40,41-22-8-3-9-23-41)53-31-17-13-24-42(53)37-34-46-45-27-12-16-30-52(45)58-55-47-36-38(32-33-50(47)57-51(35-37)54(46)55)56-48-28-14-10-25-43(48)44-26-11-15-29-49(44)56/h1-36H/i1D,2D,3D,4D,5D,6D,7D,8D,9D,10D,11D,12D,13D,14D,15D,16D,17D,18D,19D,20D,21D,22D,23D,24D,25D,26D,27D,28D,29D,30D,31D,32D,33D,34D,35D,36D. The number of para-hydroxylation sites is 2. The maximum absolute atomic E-state index is 10.6. The van der Waals surface area contributed by atoms with Gasteiger partial charge in [0.05, 0.1) is 60.4 Å². The highest BCUT2D eigenvalue weighted by Gasteiger charge is 2.44. The summed E-state index contributed by atoms with van der Waals surface area (Å²) in [7, 11) is -6.70. The van der Waals surface area contributed by atoms with Crippen LogP contribution in [-0.4, -0.2) is 18.6 Å². The second-order valence-electron chi connectivity index (χ2n) is 12.8. The molecule has 0 unspecified atom stereocenters. The van der Waals surface area contributed by atoms with Crippen LogP contribution in [0, 0.1) is 0 Å². The van der Waals surface area contributed by atoms with Crippen LogP contribution in [0.3, 0.4) is 0 Å².